The SMILES string of the molecule is COC1(CNCc2ccc3ccccc3c2)CCC1. The van der Waals surface area contributed by atoms with Crippen LogP contribution in [0.5, 0.6) is 0 Å². The summed E-state index contributed by atoms with van der Waals surface area (Å²) in [6.45, 7) is 1.87. The Kier molecular flexibility index (Phi) is 3.54. The second-order valence-electron chi connectivity index (χ2n) is 5.53. The molecule has 19 heavy (non-hydrogen) atoms. The number of methoxy groups -OCH3 is 1. The summed E-state index contributed by atoms with van der Waals surface area (Å²) in [6, 6.07) is 15.2. The lowest BCUT2D eigenvalue weighted by Crippen LogP contribution is -2.47. The van der Waals surface area contributed by atoms with Crippen LogP contribution >= 0.6 is 0 Å². The molecule has 0 amide bonds. The molecular formula is C17H21NO. The molecule has 0 heterocycles. The Labute approximate surface area is 114 Å². The molecule has 0 saturated heterocycles. The second-order valence-corrected chi connectivity index (χ2v) is 5.53. The van der Waals surface area contributed by atoms with Gasteiger partial charge >= 0.3 is 0 Å². The van der Waals surface area contributed by atoms with Gasteiger partial charge in [0, 0.05) is 20.2 Å². The smallest absolute Gasteiger partial charge is 0.0802 e. The van der Waals surface area contributed by atoms with E-state index in [0.717, 1.165) is 13.1 Å². The van der Waals surface area contributed by atoms with Gasteiger partial charge in [-0.2, -0.15) is 0 Å². The zero-order valence-corrected chi connectivity index (χ0v) is 11.5. The van der Waals surface area contributed by atoms with Crippen molar-refractivity contribution in [3.8, 4) is 0 Å². The highest BCUT2D eigenvalue weighted by Crippen LogP contribution is 2.34. The molecule has 2 nitrogen and oxygen atoms in total. The average Bonchev–Trinajstić information content (AvgIpc) is 2.42. The fourth-order valence-electron chi connectivity index (χ4n) is 2.81. The number of nitrogens with one attached hydrogen (secondary N) is 1. The first-order valence-electron chi connectivity index (χ1n) is 7.05. The molecule has 3 rings (SSSR count). The predicted octanol–water partition coefficient (Wildman–Crippen LogP) is 3.50. The van der Waals surface area contributed by atoms with E-state index in [9.17, 15) is 0 Å². The molecule has 0 bridgehead atoms. The van der Waals surface area contributed by atoms with E-state index in [0.29, 0.717) is 0 Å². The highest BCUT2D eigenvalue weighted by molar-refractivity contribution is 5.82. The van der Waals surface area contributed by atoms with Crippen molar-refractivity contribution in [2.75, 3.05) is 13.7 Å². The maximum atomic E-state index is 5.62. The molecule has 0 spiro atoms. The van der Waals surface area contributed by atoms with Gasteiger partial charge in [-0.15, -0.1) is 0 Å². The summed E-state index contributed by atoms with van der Waals surface area (Å²) >= 11 is 0. The molecular weight excluding hydrogens is 234 g/mol. The third-order valence-electron chi connectivity index (χ3n) is 4.29. The van der Waals surface area contributed by atoms with E-state index in [4.69, 9.17) is 4.74 Å². The van der Waals surface area contributed by atoms with E-state index in [1.54, 1.807) is 0 Å². The molecule has 0 aromatic heterocycles. The molecule has 0 unspecified atom stereocenters. The van der Waals surface area contributed by atoms with E-state index in [1.165, 1.54) is 35.6 Å². The predicted molar refractivity (Wildman–Crippen MR) is 79.2 cm³/mol. The van der Waals surface area contributed by atoms with E-state index in [1.807, 2.05) is 7.11 Å². The van der Waals surface area contributed by atoms with Crippen molar-refractivity contribution in [2.24, 2.45) is 0 Å². The Hall–Kier alpha value is -1.38. The van der Waals surface area contributed by atoms with Gasteiger partial charge in [-0.25, -0.2) is 0 Å². The van der Waals surface area contributed by atoms with E-state index >= 15 is 0 Å². The maximum Gasteiger partial charge on any atom is 0.0802 e. The molecule has 1 fully saturated rings. The summed E-state index contributed by atoms with van der Waals surface area (Å²) in [5, 5.41) is 6.15. The van der Waals surface area contributed by atoms with Crippen LogP contribution in [-0.4, -0.2) is 19.3 Å². The average molecular weight is 255 g/mol. The van der Waals surface area contributed by atoms with Crippen LogP contribution in [-0.2, 0) is 11.3 Å². The summed E-state index contributed by atoms with van der Waals surface area (Å²) in [7, 11) is 1.83. The van der Waals surface area contributed by atoms with Crippen molar-refractivity contribution in [2.45, 2.75) is 31.4 Å². The highest BCUT2D eigenvalue weighted by Gasteiger charge is 2.36. The van der Waals surface area contributed by atoms with Gasteiger partial charge < -0.3 is 10.1 Å². The number of hydrogen-bond donors (Lipinski definition) is 1. The van der Waals surface area contributed by atoms with Crippen molar-refractivity contribution < 1.29 is 4.74 Å². The molecule has 0 atom stereocenters. The molecule has 100 valence electrons. The molecule has 1 aliphatic rings. The molecule has 2 heteroatoms. The lowest BCUT2D eigenvalue weighted by atomic mass is 9.80. The zero-order chi connectivity index (χ0) is 13.1. The summed E-state index contributed by atoms with van der Waals surface area (Å²) < 4.78 is 5.62. The van der Waals surface area contributed by atoms with E-state index in [2.05, 4.69) is 47.8 Å². The first-order valence-corrected chi connectivity index (χ1v) is 7.05. The zero-order valence-electron chi connectivity index (χ0n) is 11.5. The van der Waals surface area contributed by atoms with Crippen molar-refractivity contribution in [1.82, 2.24) is 5.32 Å². The lowest BCUT2D eigenvalue weighted by molar-refractivity contribution is -0.0695. The third-order valence-corrected chi connectivity index (χ3v) is 4.29. The molecule has 1 N–H and O–H groups in total. The van der Waals surface area contributed by atoms with Crippen molar-refractivity contribution in [3.63, 3.8) is 0 Å². The standard InChI is InChI=1S/C17H21NO/c1-19-17(9-4-10-17)13-18-12-14-7-8-15-5-2-3-6-16(15)11-14/h2-3,5-8,11,18H,4,9-10,12-13H2,1H3. The van der Waals surface area contributed by atoms with Crippen LogP contribution in [0.15, 0.2) is 42.5 Å². The van der Waals surface area contributed by atoms with Crippen LogP contribution < -0.4 is 5.32 Å². The summed E-state index contributed by atoms with van der Waals surface area (Å²) in [5.74, 6) is 0. The summed E-state index contributed by atoms with van der Waals surface area (Å²) in [5.41, 5.74) is 1.45. The fourth-order valence-corrected chi connectivity index (χ4v) is 2.81. The quantitative estimate of drug-likeness (QED) is 0.883. The minimum Gasteiger partial charge on any atom is -0.377 e. The number of ether oxygens (including phenoxy) is 1. The van der Waals surface area contributed by atoms with Gasteiger partial charge in [0.25, 0.3) is 0 Å². The number of rotatable bonds is 5. The lowest BCUT2D eigenvalue weighted by Gasteiger charge is -2.40. The second kappa shape index (κ2) is 5.32. The summed E-state index contributed by atoms with van der Waals surface area (Å²) in [4.78, 5) is 0. The fraction of sp³-hybridized carbons (Fsp3) is 0.412. The number of hydrogen-bond acceptors (Lipinski definition) is 2. The molecule has 0 radical (unpaired) electrons. The van der Waals surface area contributed by atoms with Gasteiger partial charge in [0.15, 0.2) is 0 Å². The first kappa shape index (κ1) is 12.6. The molecule has 1 saturated carbocycles. The van der Waals surface area contributed by atoms with Gasteiger partial charge in [-0.1, -0.05) is 36.4 Å². The Morgan fingerprint density at radius 2 is 1.89 bits per heavy atom. The topological polar surface area (TPSA) is 21.3 Å². The Balaban J connectivity index is 1.62. The maximum absolute atomic E-state index is 5.62. The van der Waals surface area contributed by atoms with Crippen molar-refractivity contribution >= 4 is 10.8 Å². The molecule has 2 aromatic carbocycles. The van der Waals surface area contributed by atoms with Gasteiger partial charge in [-0.05, 0) is 41.7 Å². The minimum atomic E-state index is 0.108. The van der Waals surface area contributed by atoms with Crippen LogP contribution in [0.3, 0.4) is 0 Å². The van der Waals surface area contributed by atoms with Crippen molar-refractivity contribution in [1.29, 1.82) is 0 Å². The van der Waals surface area contributed by atoms with E-state index < -0.39 is 0 Å². The van der Waals surface area contributed by atoms with Gasteiger partial charge in [0.2, 0.25) is 0 Å². The Morgan fingerprint density at radius 3 is 2.58 bits per heavy atom. The third kappa shape index (κ3) is 2.65. The van der Waals surface area contributed by atoms with Gasteiger partial charge in [0.05, 0.1) is 5.60 Å². The highest BCUT2D eigenvalue weighted by atomic mass is 16.5. The molecule has 2 aromatic rings. The Bertz CT molecular complexity index is 554. The first-order chi connectivity index (χ1) is 9.31. The van der Waals surface area contributed by atoms with Crippen molar-refractivity contribution in [3.05, 3.63) is 48.0 Å². The van der Waals surface area contributed by atoms with E-state index in [-0.39, 0.29) is 5.60 Å². The van der Waals surface area contributed by atoms with Gasteiger partial charge in [0.1, 0.15) is 0 Å². The monoisotopic (exact) mass is 255 g/mol. The van der Waals surface area contributed by atoms with Crippen LogP contribution in [0.2, 0.25) is 0 Å². The van der Waals surface area contributed by atoms with Crippen LogP contribution in [0, 0.1) is 0 Å². The van der Waals surface area contributed by atoms with Crippen LogP contribution in [0.4, 0.5) is 0 Å². The largest absolute Gasteiger partial charge is 0.377 e. The van der Waals surface area contributed by atoms with Crippen LogP contribution in [0.1, 0.15) is 24.8 Å². The number of fused-ring (bicyclic) bond motifs is 1. The van der Waals surface area contributed by atoms with Crippen LogP contribution in [0.25, 0.3) is 10.8 Å². The van der Waals surface area contributed by atoms with Gasteiger partial charge in [-0.3, -0.25) is 0 Å². The minimum absolute atomic E-state index is 0.108. The molecule has 1 aliphatic carbocycles. The number of benzene rings is 2. The molecule has 0 aliphatic heterocycles. The Morgan fingerprint density at radius 1 is 1.11 bits per heavy atom. The normalized spacial score (nSPS) is 17.3. The summed E-state index contributed by atoms with van der Waals surface area (Å²) in [6.07, 6.45) is 3.67.